The van der Waals surface area contributed by atoms with E-state index in [1.807, 2.05) is 20.1 Å². The molecule has 0 heterocycles. The normalized spacial score (nSPS) is 13.6. The fraction of sp³-hybridized carbons (Fsp3) is 0.750. The first-order valence-corrected chi connectivity index (χ1v) is 13.0. The molecule has 0 aromatic carbocycles. The van der Waals surface area contributed by atoms with Gasteiger partial charge in [0.05, 0.1) is 0 Å². The van der Waals surface area contributed by atoms with Crippen molar-refractivity contribution in [2.75, 3.05) is 19.4 Å². The Morgan fingerprint density at radius 3 is 1.95 bits per heavy atom. The molecule has 1 unspecified atom stereocenters. The molecule has 0 spiro atoms. The zero-order valence-electron chi connectivity index (χ0n) is 13.6. The van der Waals surface area contributed by atoms with Gasteiger partial charge in [-0.2, -0.15) is 0 Å². The molecular formula is C12H26N2O5Si2. The highest BCUT2D eigenvalue weighted by atomic mass is 28.4. The van der Waals surface area contributed by atoms with Crippen LogP contribution < -0.4 is 10.6 Å². The van der Waals surface area contributed by atoms with Gasteiger partial charge in [-0.15, -0.1) is 0 Å². The molecular weight excluding hydrogens is 308 g/mol. The number of carboxylic acid groups (broad SMARTS) is 1. The summed E-state index contributed by atoms with van der Waals surface area (Å²) in [7, 11) is -2.17. The number of carbonyl (C=O) groups excluding carboxylic acids is 2. The van der Waals surface area contributed by atoms with Crippen LogP contribution in [0.15, 0.2) is 0 Å². The lowest BCUT2D eigenvalue weighted by Crippen LogP contribution is -2.56. The van der Waals surface area contributed by atoms with Gasteiger partial charge in [-0.3, -0.25) is 14.4 Å². The van der Waals surface area contributed by atoms with Crippen LogP contribution in [0.2, 0.25) is 26.2 Å². The third kappa shape index (κ3) is 7.51. The Kier molecular flexibility index (Phi) is 7.44. The molecule has 3 N–H and O–H groups in total. The first kappa shape index (κ1) is 20.0. The number of aliphatic carboxylic acids is 1. The summed E-state index contributed by atoms with van der Waals surface area (Å²) in [5, 5.41) is 14.5. The highest BCUT2D eigenvalue weighted by Gasteiger charge is 2.35. The maximum absolute atomic E-state index is 11.8. The van der Waals surface area contributed by atoms with Crippen molar-refractivity contribution in [1.82, 2.24) is 10.6 Å². The van der Waals surface area contributed by atoms with Crippen LogP contribution in [0.4, 0.5) is 0 Å². The zero-order valence-corrected chi connectivity index (χ0v) is 15.6. The predicted octanol–water partition coefficient (Wildman–Crippen LogP) is 0.117. The van der Waals surface area contributed by atoms with Crippen molar-refractivity contribution in [2.45, 2.75) is 33.1 Å². The predicted molar refractivity (Wildman–Crippen MR) is 84.8 cm³/mol. The number of hydrogen-bond acceptors (Lipinski definition) is 5. The number of carbonyl (C=O) groups is 3. The molecule has 0 radical (unpaired) electrons. The number of hydrogen-bond donors (Lipinski definition) is 3. The first-order chi connectivity index (χ1) is 9.42. The van der Waals surface area contributed by atoms with E-state index in [0.717, 1.165) is 13.1 Å². The van der Waals surface area contributed by atoms with E-state index in [2.05, 4.69) is 23.7 Å². The summed E-state index contributed by atoms with van der Waals surface area (Å²) in [6, 6.07) is 0. The maximum atomic E-state index is 11.8. The molecule has 7 nitrogen and oxygen atoms in total. The lowest BCUT2D eigenvalue weighted by molar-refractivity contribution is -0.150. The number of amides is 1. The fourth-order valence-corrected chi connectivity index (χ4v) is 10.1. The molecule has 122 valence electrons. The Hall–Kier alpha value is -1.04. The van der Waals surface area contributed by atoms with Crippen LogP contribution in [0.25, 0.3) is 0 Å². The van der Waals surface area contributed by atoms with Crippen LogP contribution in [0.5, 0.6) is 0 Å². The van der Waals surface area contributed by atoms with Crippen LogP contribution in [-0.4, -0.2) is 58.8 Å². The average Bonchev–Trinajstić information content (AvgIpc) is 2.23. The van der Waals surface area contributed by atoms with Crippen LogP contribution in [0.1, 0.15) is 6.92 Å². The Bertz CT molecular complexity index is 398. The van der Waals surface area contributed by atoms with Gasteiger partial charge in [-0.1, -0.05) is 0 Å². The Labute approximate surface area is 127 Å². The van der Waals surface area contributed by atoms with E-state index in [1.165, 1.54) is 0 Å². The molecule has 0 rings (SSSR count). The molecule has 0 aromatic heterocycles. The second-order valence-corrected chi connectivity index (χ2v) is 14.8. The van der Waals surface area contributed by atoms with Gasteiger partial charge in [0.1, 0.15) is 0 Å². The van der Waals surface area contributed by atoms with Crippen LogP contribution >= 0.6 is 0 Å². The summed E-state index contributed by atoms with van der Waals surface area (Å²) < 4.78 is 6.19. The number of Topliss-reactive ketones (excluding diaryl/α,β-unsaturated/α-hetero) is 1. The third-order valence-electron chi connectivity index (χ3n) is 2.76. The molecule has 1 amide bonds. The minimum absolute atomic E-state index is 0.281. The Morgan fingerprint density at radius 2 is 1.57 bits per heavy atom. The van der Waals surface area contributed by atoms with E-state index >= 15 is 0 Å². The second-order valence-electron chi connectivity index (χ2n) is 6.25. The summed E-state index contributed by atoms with van der Waals surface area (Å²) >= 11 is 0. The van der Waals surface area contributed by atoms with E-state index in [9.17, 15) is 14.4 Å². The smallest absolute Gasteiger partial charge is 0.323 e. The Morgan fingerprint density at radius 1 is 1.10 bits per heavy atom. The van der Waals surface area contributed by atoms with Gasteiger partial charge < -0.3 is 19.9 Å². The van der Waals surface area contributed by atoms with Crippen molar-refractivity contribution < 1.29 is 23.6 Å². The van der Waals surface area contributed by atoms with Gasteiger partial charge in [-0.25, -0.2) is 0 Å². The van der Waals surface area contributed by atoms with Crippen molar-refractivity contribution in [3.05, 3.63) is 0 Å². The highest BCUT2D eigenvalue weighted by Crippen LogP contribution is 2.13. The molecule has 0 aliphatic rings. The topological polar surface area (TPSA) is 105 Å². The molecule has 0 saturated heterocycles. The molecule has 9 heteroatoms. The van der Waals surface area contributed by atoms with E-state index in [-0.39, 0.29) is 6.17 Å². The van der Waals surface area contributed by atoms with E-state index in [1.54, 1.807) is 0 Å². The first-order valence-electron chi connectivity index (χ1n) is 6.77. The molecule has 0 bridgehead atoms. The monoisotopic (exact) mass is 334 g/mol. The van der Waals surface area contributed by atoms with Gasteiger partial charge in [0.2, 0.25) is 5.91 Å². The van der Waals surface area contributed by atoms with Crippen LogP contribution in [-0.2, 0) is 18.5 Å². The SMILES string of the molecule is CNC[Si](C)(C)O[Si](C)(C)CNC(=O)C(C(C)=O)C(=O)O. The molecule has 1 atom stereocenters. The average molecular weight is 335 g/mol. The van der Waals surface area contributed by atoms with Gasteiger partial charge in [0, 0.05) is 12.3 Å². The Balaban J connectivity index is 4.65. The number of rotatable bonds is 9. The van der Waals surface area contributed by atoms with Crippen molar-refractivity contribution in [3.63, 3.8) is 0 Å². The van der Waals surface area contributed by atoms with Crippen molar-refractivity contribution in [3.8, 4) is 0 Å². The van der Waals surface area contributed by atoms with Gasteiger partial charge in [0.15, 0.2) is 28.3 Å². The highest BCUT2D eigenvalue weighted by molar-refractivity contribution is 6.85. The lowest BCUT2D eigenvalue weighted by atomic mass is 10.1. The quantitative estimate of drug-likeness (QED) is 0.408. The summed E-state index contributed by atoms with van der Waals surface area (Å²) in [6.45, 7) is 9.17. The van der Waals surface area contributed by atoms with E-state index in [0.29, 0.717) is 0 Å². The van der Waals surface area contributed by atoms with Crippen molar-refractivity contribution in [2.24, 2.45) is 5.92 Å². The minimum Gasteiger partial charge on any atom is -0.480 e. The molecule has 0 aliphatic heterocycles. The standard InChI is InChI=1S/C12H26N2O5Si2/c1-9(15)10(12(17)18)11(16)14-8-21(5,6)19-20(3,4)7-13-2/h10,13H,7-8H2,1-6H3,(H,14,16)(H,17,18). The molecule has 0 fully saturated rings. The third-order valence-corrected chi connectivity index (χ3v) is 9.41. The fourth-order valence-electron chi connectivity index (χ4n) is 2.12. The van der Waals surface area contributed by atoms with Crippen LogP contribution in [0.3, 0.4) is 0 Å². The minimum atomic E-state index is -2.17. The zero-order chi connectivity index (χ0) is 16.8. The van der Waals surface area contributed by atoms with Gasteiger partial charge in [0.25, 0.3) is 0 Å². The summed E-state index contributed by atoms with van der Waals surface area (Å²) in [4.78, 5) is 33.9. The number of nitrogens with one attached hydrogen (secondary N) is 2. The largest absolute Gasteiger partial charge is 0.480 e. The lowest BCUT2D eigenvalue weighted by Gasteiger charge is -2.34. The van der Waals surface area contributed by atoms with Gasteiger partial charge in [-0.05, 0) is 40.2 Å². The number of carboxylic acids is 1. The molecule has 0 aliphatic carbocycles. The summed E-state index contributed by atoms with van der Waals surface area (Å²) in [5.74, 6) is -4.51. The maximum Gasteiger partial charge on any atom is 0.323 e. The van der Waals surface area contributed by atoms with Crippen LogP contribution in [0, 0.1) is 5.92 Å². The van der Waals surface area contributed by atoms with Gasteiger partial charge >= 0.3 is 5.97 Å². The molecule has 21 heavy (non-hydrogen) atoms. The van der Waals surface area contributed by atoms with Crippen molar-refractivity contribution >= 4 is 34.3 Å². The van der Waals surface area contributed by atoms with E-state index < -0.39 is 40.2 Å². The summed E-state index contributed by atoms with van der Waals surface area (Å²) in [5.41, 5.74) is 0. The molecule has 0 saturated carbocycles. The second kappa shape index (κ2) is 7.83. The van der Waals surface area contributed by atoms with E-state index in [4.69, 9.17) is 9.22 Å². The number of ketones is 1. The summed E-state index contributed by atoms with van der Waals surface area (Å²) in [6.07, 6.45) is 1.08. The molecule has 0 aromatic rings. The van der Waals surface area contributed by atoms with Crippen molar-refractivity contribution in [1.29, 1.82) is 0 Å².